The molecule has 8 nitrogen and oxygen atoms in total. The highest BCUT2D eigenvalue weighted by Crippen LogP contribution is 2.42. The Hall–Kier alpha value is -2.00. The second-order valence-corrected chi connectivity index (χ2v) is 7.34. The van der Waals surface area contributed by atoms with Gasteiger partial charge in [0.15, 0.2) is 10.8 Å². The smallest absolute Gasteiger partial charge is 0.197 e. The summed E-state index contributed by atoms with van der Waals surface area (Å²) in [6, 6.07) is 0.539. The van der Waals surface area contributed by atoms with E-state index < -0.39 is 0 Å². The van der Waals surface area contributed by atoms with Gasteiger partial charge in [0.2, 0.25) is 0 Å². The van der Waals surface area contributed by atoms with Crippen molar-refractivity contribution in [2.24, 2.45) is 0 Å². The number of aromatic nitrogens is 7. The fourth-order valence-electron chi connectivity index (χ4n) is 3.28. The van der Waals surface area contributed by atoms with Gasteiger partial charge in [-0.05, 0) is 44.0 Å². The monoisotopic (exact) mass is 342 g/mol. The van der Waals surface area contributed by atoms with Crippen molar-refractivity contribution in [3.8, 4) is 0 Å². The molecule has 1 saturated carbocycles. The summed E-state index contributed by atoms with van der Waals surface area (Å²) in [5, 5.41) is 22.4. The van der Waals surface area contributed by atoms with Crippen LogP contribution in [0.15, 0.2) is 28.9 Å². The van der Waals surface area contributed by atoms with Crippen molar-refractivity contribution in [2.45, 2.75) is 47.8 Å². The summed E-state index contributed by atoms with van der Waals surface area (Å²) in [6.45, 7) is 2.10. The van der Waals surface area contributed by atoms with Gasteiger partial charge >= 0.3 is 0 Å². The molecule has 2 fully saturated rings. The fourth-order valence-corrected chi connectivity index (χ4v) is 4.22. The van der Waals surface area contributed by atoms with Gasteiger partial charge in [0, 0.05) is 30.9 Å². The summed E-state index contributed by atoms with van der Waals surface area (Å²) >= 11 is 1.54. The van der Waals surface area contributed by atoms with Crippen molar-refractivity contribution in [3.05, 3.63) is 24.5 Å². The van der Waals surface area contributed by atoms with Crippen molar-refractivity contribution in [3.63, 3.8) is 0 Å². The number of hydrogen-bond acceptors (Lipinski definition) is 7. The molecule has 24 heavy (non-hydrogen) atoms. The first-order chi connectivity index (χ1) is 11.9. The summed E-state index contributed by atoms with van der Waals surface area (Å²) in [4.78, 5) is 4.46. The van der Waals surface area contributed by atoms with Crippen LogP contribution in [0.25, 0.3) is 5.65 Å². The lowest BCUT2D eigenvalue weighted by Crippen LogP contribution is -2.30. The molecule has 0 aromatic carbocycles. The molecule has 0 bridgehead atoms. The molecule has 4 heterocycles. The predicted octanol–water partition coefficient (Wildman–Crippen LogP) is 1.67. The molecule has 1 aliphatic heterocycles. The van der Waals surface area contributed by atoms with Crippen LogP contribution in [0.5, 0.6) is 0 Å². The highest BCUT2D eigenvalue weighted by molar-refractivity contribution is 7.99. The molecule has 3 aromatic heterocycles. The van der Waals surface area contributed by atoms with E-state index in [2.05, 4.69) is 35.3 Å². The van der Waals surface area contributed by atoms with Crippen LogP contribution >= 0.6 is 11.8 Å². The van der Waals surface area contributed by atoms with Crippen LogP contribution in [0.4, 0.5) is 0 Å². The van der Waals surface area contributed by atoms with Crippen molar-refractivity contribution >= 4 is 17.4 Å². The molecule has 5 rings (SSSR count). The molecule has 2 aliphatic rings. The van der Waals surface area contributed by atoms with E-state index in [0.29, 0.717) is 12.0 Å². The van der Waals surface area contributed by atoms with Crippen molar-refractivity contribution in [1.82, 2.24) is 39.7 Å². The van der Waals surface area contributed by atoms with Gasteiger partial charge < -0.3 is 9.88 Å². The van der Waals surface area contributed by atoms with E-state index in [1.165, 1.54) is 37.4 Å². The predicted molar refractivity (Wildman–Crippen MR) is 88.0 cm³/mol. The third-order valence-corrected chi connectivity index (χ3v) is 5.58. The van der Waals surface area contributed by atoms with Gasteiger partial charge in [-0.25, -0.2) is 4.98 Å². The lowest BCUT2D eigenvalue weighted by Gasteiger charge is -2.22. The van der Waals surface area contributed by atoms with E-state index in [9.17, 15) is 0 Å². The van der Waals surface area contributed by atoms with Crippen LogP contribution < -0.4 is 5.32 Å². The zero-order valence-corrected chi connectivity index (χ0v) is 14.0. The van der Waals surface area contributed by atoms with Crippen LogP contribution in [0, 0.1) is 0 Å². The molecule has 1 N–H and O–H groups in total. The average Bonchev–Trinajstić information content (AvgIpc) is 3.18. The van der Waals surface area contributed by atoms with E-state index in [1.807, 2.05) is 10.6 Å². The van der Waals surface area contributed by atoms with E-state index in [-0.39, 0.29) is 0 Å². The summed E-state index contributed by atoms with van der Waals surface area (Å²) in [6.07, 6.45) is 10.1. The normalized spacial score (nSPS) is 21.4. The highest BCUT2D eigenvalue weighted by atomic mass is 32.2. The maximum absolute atomic E-state index is 4.55. The van der Waals surface area contributed by atoms with Crippen molar-refractivity contribution in [2.75, 3.05) is 13.1 Å². The molecular formula is C15H18N8S. The number of nitrogens with one attached hydrogen (secondary N) is 1. The number of fused-ring (bicyclic) bond motifs is 1. The zero-order chi connectivity index (χ0) is 15.9. The van der Waals surface area contributed by atoms with E-state index in [1.54, 1.807) is 12.5 Å². The molecule has 0 spiro atoms. The average molecular weight is 342 g/mol. The molecule has 0 amide bonds. The Bertz CT molecular complexity index is 861. The maximum Gasteiger partial charge on any atom is 0.197 e. The van der Waals surface area contributed by atoms with Crippen LogP contribution in [-0.4, -0.2) is 47.4 Å². The fraction of sp³-hybridized carbons (Fsp3) is 0.533. The Labute approximate surface area is 143 Å². The maximum atomic E-state index is 4.55. The van der Waals surface area contributed by atoms with E-state index in [0.717, 1.165) is 34.7 Å². The van der Waals surface area contributed by atoms with Gasteiger partial charge in [-0.1, -0.05) is 0 Å². The molecule has 1 unspecified atom stereocenters. The van der Waals surface area contributed by atoms with Gasteiger partial charge in [-0.2, -0.15) is 0 Å². The number of rotatable bonds is 4. The number of hydrogen-bond donors (Lipinski definition) is 1. The summed E-state index contributed by atoms with van der Waals surface area (Å²) in [5.74, 6) is 1.58. The minimum Gasteiger partial charge on any atom is -0.316 e. The lowest BCUT2D eigenvalue weighted by molar-refractivity contribution is 0.428. The third-order valence-electron chi connectivity index (χ3n) is 4.64. The summed E-state index contributed by atoms with van der Waals surface area (Å²) < 4.78 is 4.21. The quantitative estimate of drug-likeness (QED) is 0.772. The van der Waals surface area contributed by atoms with Gasteiger partial charge in [-0.15, -0.1) is 20.4 Å². The van der Waals surface area contributed by atoms with Crippen molar-refractivity contribution < 1.29 is 0 Å². The Kier molecular flexibility index (Phi) is 3.48. The first-order valence-electron chi connectivity index (χ1n) is 8.38. The minimum atomic E-state index is 0.457. The summed E-state index contributed by atoms with van der Waals surface area (Å²) in [5.41, 5.74) is 0.758. The van der Waals surface area contributed by atoms with Gasteiger partial charge in [-0.3, -0.25) is 4.40 Å². The molecular weight excluding hydrogens is 324 g/mol. The molecule has 3 aromatic rings. The largest absolute Gasteiger partial charge is 0.316 e. The molecule has 0 radical (unpaired) electrons. The second kappa shape index (κ2) is 5.82. The van der Waals surface area contributed by atoms with Gasteiger partial charge in [0.25, 0.3) is 0 Å². The Morgan fingerprint density at radius 2 is 2.12 bits per heavy atom. The van der Waals surface area contributed by atoms with Crippen LogP contribution in [0.2, 0.25) is 0 Å². The van der Waals surface area contributed by atoms with Crippen LogP contribution in [-0.2, 0) is 0 Å². The molecule has 1 saturated heterocycles. The second-order valence-electron chi connectivity index (χ2n) is 6.38. The Morgan fingerprint density at radius 1 is 1.17 bits per heavy atom. The van der Waals surface area contributed by atoms with Gasteiger partial charge in [0.05, 0.1) is 0 Å². The Morgan fingerprint density at radius 3 is 2.96 bits per heavy atom. The summed E-state index contributed by atoms with van der Waals surface area (Å²) in [7, 11) is 0. The highest BCUT2D eigenvalue weighted by Gasteiger charge is 2.33. The third kappa shape index (κ3) is 2.48. The SMILES string of the molecule is c1cn2cnnc2c(Sc2nnc(C3CCCNC3)n2C2CC2)n1. The number of piperidine rings is 1. The van der Waals surface area contributed by atoms with Crippen LogP contribution in [0.1, 0.15) is 43.5 Å². The van der Waals surface area contributed by atoms with Crippen LogP contribution in [0.3, 0.4) is 0 Å². The minimum absolute atomic E-state index is 0.457. The molecule has 9 heteroatoms. The first-order valence-corrected chi connectivity index (χ1v) is 9.19. The zero-order valence-electron chi connectivity index (χ0n) is 13.2. The molecule has 124 valence electrons. The standard InChI is InChI=1S/C15H18N8S/c1-2-10(8-16-5-1)12-20-21-15(23(12)11-3-4-11)24-14-13-19-18-9-22(13)7-6-17-14/h6-7,9-11,16H,1-5,8H2. The lowest BCUT2D eigenvalue weighted by atomic mass is 9.99. The van der Waals surface area contributed by atoms with Gasteiger partial charge in [0.1, 0.15) is 17.2 Å². The topological polar surface area (TPSA) is 85.8 Å². The number of nitrogens with zero attached hydrogens (tertiary/aromatic N) is 7. The van der Waals surface area contributed by atoms with E-state index in [4.69, 9.17) is 0 Å². The van der Waals surface area contributed by atoms with Crippen molar-refractivity contribution in [1.29, 1.82) is 0 Å². The van der Waals surface area contributed by atoms with E-state index >= 15 is 0 Å². The molecule has 1 atom stereocenters. The molecule has 1 aliphatic carbocycles. The Balaban J connectivity index is 1.51. The first kappa shape index (κ1) is 14.4.